The van der Waals surface area contributed by atoms with Crippen molar-refractivity contribution in [2.24, 2.45) is 0 Å². The number of piperidine rings is 1. The number of rotatable bonds is 16. The third-order valence-corrected chi connectivity index (χ3v) is 7.77. The lowest BCUT2D eigenvalue weighted by atomic mass is 9.87. The van der Waals surface area contributed by atoms with Crippen LogP contribution in [-0.4, -0.2) is 61.9 Å². The zero-order chi connectivity index (χ0) is 29.7. The van der Waals surface area contributed by atoms with Crippen molar-refractivity contribution < 1.29 is 29.2 Å². The highest BCUT2D eigenvalue weighted by Gasteiger charge is 2.27. The smallest absolute Gasteiger partial charge is 0.119 e. The van der Waals surface area contributed by atoms with Crippen molar-refractivity contribution in [2.45, 2.75) is 50.8 Å². The normalized spacial score (nSPS) is 17.6. The molecule has 4 aromatic rings. The molecule has 4 aromatic carbocycles. The van der Waals surface area contributed by atoms with Crippen LogP contribution in [0.4, 0.5) is 0 Å². The predicted octanol–water partition coefficient (Wildman–Crippen LogP) is 5.36. The molecule has 3 N–H and O–H groups in total. The van der Waals surface area contributed by atoms with Gasteiger partial charge in [-0.2, -0.15) is 0 Å². The van der Waals surface area contributed by atoms with Gasteiger partial charge in [-0.15, -0.1) is 0 Å². The Labute approximate surface area is 254 Å². The SMILES string of the molecule is OC[C@H](O)COCc1ccc2ccc(CO[C@H]3CNCC[C@@H]3c3ccc(OCCCOCc4ccccc4)cc3)cc2c1. The van der Waals surface area contributed by atoms with E-state index in [1.54, 1.807) is 0 Å². The van der Waals surface area contributed by atoms with E-state index in [2.05, 4.69) is 72.0 Å². The molecule has 0 spiro atoms. The molecule has 0 saturated carbocycles. The van der Waals surface area contributed by atoms with Gasteiger partial charge in [0.25, 0.3) is 0 Å². The van der Waals surface area contributed by atoms with Crippen LogP contribution in [0.3, 0.4) is 0 Å². The number of aliphatic hydroxyl groups is 2. The Morgan fingerprint density at radius 2 is 1.51 bits per heavy atom. The summed E-state index contributed by atoms with van der Waals surface area (Å²) >= 11 is 0. The Morgan fingerprint density at radius 1 is 0.767 bits per heavy atom. The first-order valence-electron chi connectivity index (χ1n) is 15.2. The number of nitrogens with one attached hydrogen (secondary N) is 1. The molecule has 0 aromatic heterocycles. The fraction of sp³-hybridized carbons (Fsp3) is 0.389. The van der Waals surface area contributed by atoms with E-state index in [4.69, 9.17) is 24.1 Å². The molecule has 0 unspecified atom stereocenters. The van der Waals surface area contributed by atoms with Gasteiger partial charge in [-0.1, -0.05) is 66.7 Å². The fourth-order valence-corrected chi connectivity index (χ4v) is 5.41. The van der Waals surface area contributed by atoms with E-state index in [9.17, 15) is 5.11 Å². The summed E-state index contributed by atoms with van der Waals surface area (Å²) in [6, 6.07) is 31.3. The van der Waals surface area contributed by atoms with Crippen LogP contribution in [0, 0.1) is 0 Å². The Balaban J connectivity index is 1.09. The first kappa shape index (κ1) is 31.1. The molecular weight excluding hydrogens is 542 g/mol. The topological polar surface area (TPSA) is 89.4 Å². The molecule has 1 saturated heterocycles. The monoisotopic (exact) mass is 585 g/mol. The Kier molecular flexibility index (Phi) is 12.0. The Hall–Kier alpha value is -3.30. The summed E-state index contributed by atoms with van der Waals surface area (Å²) in [5, 5.41) is 24.2. The standard InChI is InChI=1S/C36H43NO6/c38-22-33(39)26-41-24-28-7-9-30-10-8-29(20-32(30)19-28)25-43-36-21-37-16-15-35(36)31-11-13-34(14-12-31)42-18-4-17-40-23-27-5-2-1-3-6-27/h1-3,5-14,19-20,33,35-39H,4,15-18,21-26H2/t33-,35+,36-/m0/s1. The molecule has 1 heterocycles. The van der Waals surface area contributed by atoms with Crippen molar-refractivity contribution in [1.29, 1.82) is 0 Å². The summed E-state index contributed by atoms with van der Waals surface area (Å²) in [6.45, 7) is 4.45. The first-order valence-corrected chi connectivity index (χ1v) is 15.2. The Morgan fingerprint density at radius 3 is 2.28 bits per heavy atom. The van der Waals surface area contributed by atoms with Crippen molar-refractivity contribution >= 4 is 10.8 Å². The molecule has 5 rings (SSSR count). The minimum Gasteiger partial charge on any atom is -0.494 e. The second-order valence-electron chi connectivity index (χ2n) is 11.1. The number of hydrogen-bond acceptors (Lipinski definition) is 7. The number of fused-ring (bicyclic) bond motifs is 1. The molecule has 1 aliphatic rings. The van der Waals surface area contributed by atoms with Gasteiger partial charge < -0.3 is 34.5 Å². The molecule has 0 radical (unpaired) electrons. The van der Waals surface area contributed by atoms with Gasteiger partial charge in [0.2, 0.25) is 0 Å². The van der Waals surface area contributed by atoms with E-state index >= 15 is 0 Å². The minimum absolute atomic E-state index is 0.0793. The highest BCUT2D eigenvalue weighted by atomic mass is 16.5. The predicted molar refractivity (Wildman–Crippen MR) is 168 cm³/mol. The lowest BCUT2D eigenvalue weighted by Gasteiger charge is -2.32. The maximum absolute atomic E-state index is 9.49. The lowest BCUT2D eigenvalue weighted by molar-refractivity contribution is 0.0000489. The zero-order valence-electron chi connectivity index (χ0n) is 24.7. The van der Waals surface area contributed by atoms with Gasteiger partial charge in [0, 0.05) is 18.9 Å². The van der Waals surface area contributed by atoms with Gasteiger partial charge in [0.1, 0.15) is 11.9 Å². The molecule has 1 fully saturated rings. The van der Waals surface area contributed by atoms with Crippen LogP contribution in [0.1, 0.15) is 41.0 Å². The molecule has 7 nitrogen and oxygen atoms in total. The van der Waals surface area contributed by atoms with E-state index < -0.39 is 6.10 Å². The molecule has 0 aliphatic carbocycles. The van der Waals surface area contributed by atoms with Crippen molar-refractivity contribution in [2.75, 3.05) is 39.5 Å². The van der Waals surface area contributed by atoms with E-state index in [1.165, 1.54) is 11.1 Å². The second kappa shape index (κ2) is 16.5. The quantitative estimate of drug-likeness (QED) is 0.153. The second-order valence-corrected chi connectivity index (χ2v) is 11.1. The van der Waals surface area contributed by atoms with Crippen LogP contribution >= 0.6 is 0 Å². The molecule has 228 valence electrons. The average molecular weight is 586 g/mol. The van der Waals surface area contributed by atoms with Crippen LogP contribution in [0.2, 0.25) is 0 Å². The summed E-state index contributed by atoms with van der Waals surface area (Å²) in [4.78, 5) is 0. The summed E-state index contributed by atoms with van der Waals surface area (Å²) in [6.07, 6.45) is 1.10. The lowest BCUT2D eigenvalue weighted by Crippen LogP contribution is -2.40. The minimum atomic E-state index is -0.852. The fourth-order valence-electron chi connectivity index (χ4n) is 5.41. The molecule has 0 bridgehead atoms. The van der Waals surface area contributed by atoms with Gasteiger partial charge in [-0.25, -0.2) is 0 Å². The van der Waals surface area contributed by atoms with E-state index in [0.29, 0.717) is 39.0 Å². The molecule has 3 atom stereocenters. The number of hydrogen-bond donors (Lipinski definition) is 3. The molecule has 1 aliphatic heterocycles. The van der Waals surface area contributed by atoms with Gasteiger partial charge in [0.15, 0.2) is 0 Å². The highest BCUT2D eigenvalue weighted by Crippen LogP contribution is 2.30. The van der Waals surface area contributed by atoms with Crippen molar-refractivity contribution in [3.8, 4) is 5.75 Å². The van der Waals surface area contributed by atoms with E-state index in [0.717, 1.165) is 53.6 Å². The highest BCUT2D eigenvalue weighted by molar-refractivity contribution is 5.83. The van der Waals surface area contributed by atoms with Crippen molar-refractivity contribution in [3.63, 3.8) is 0 Å². The van der Waals surface area contributed by atoms with Gasteiger partial charge in [-0.05, 0) is 70.3 Å². The number of benzene rings is 4. The van der Waals surface area contributed by atoms with Crippen LogP contribution in [-0.2, 0) is 34.0 Å². The van der Waals surface area contributed by atoms with E-state index in [-0.39, 0.29) is 19.3 Å². The van der Waals surface area contributed by atoms with Gasteiger partial charge >= 0.3 is 0 Å². The summed E-state index contributed by atoms with van der Waals surface area (Å²) in [5.41, 5.74) is 4.61. The molecular formula is C36H43NO6. The van der Waals surface area contributed by atoms with Crippen molar-refractivity contribution in [1.82, 2.24) is 5.32 Å². The number of ether oxygens (including phenoxy) is 4. The zero-order valence-corrected chi connectivity index (χ0v) is 24.7. The van der Waals surface area contributed by atoms with Crippen LogP contribution in [0.25, 0.3) is 10.8 Å². The van der Waals surface area contributed by atoms with Crippen LogP contribution in [0.15, 0.2) is 91.0 Å². The molecule has 43 heavy (non-hydrogen) atoms. The molecule has 7 heteroatoms. The molecule has 0 amide bonds. The van der Waals surface area contributed by atoms with Crippen LogP contribution in [0.5, 0.6) is 5.75 Å². The van der Waals surface area contributed by atoms with Crippen LogP contribution < -0.4 is 10.1 Å². The summed E-state index contributed by atoms with van der Waals surface area (Å²) in [5.74, 6) is 1.20. The van der Waals surface area contributed by atoms with Crippen molar-refractivity contribution in [3.05, 3.63) is 113 Å². The third-order valence-electron chi connectivity index (χ3n) is 7.77. The maximum Gasteiger partial charge on any atom is 0.119 e. The maximum atomic E-state index is 9.49. The summed E-state index contributed by atoms with van der Waals surface area (Å²) in [7, 11) is 0. The first-order chi connectivity index (χ1) is 21.2. The Bertz CT molecular complexity index is 1380. The summed E-state index contributed by atoms with van der Waals surface area (Å²) < 4.78 is 23.7. The average Bonchev–Trinajstić information content (AvgIpc) is 3.06. The third kappa shape index (κ3) is 9.60. The van der Waals surface area contributed by atoms with E-state index in [1.807, 2.05) is 24.3 Å². The van der Waals surface area contributed by atoms with Gasteiger partial charge in [0.05, 0.1) is 52.4 Å². The number of aliphatic hydroxyl groups excluding tert-OH is 2. The largest absolute Gasteiger partial charge is 0.494 e. The van der Waals surface area contributed by atoms with Gasteiger partial charge in [-0.3, -0.25) is 0 Å².